The lowest BCUT2D eigenvalue weighted by molar-refractivity contribution is -0.133. The van der Waals surface area contributed by atoms with Crippen LogP contribution < -0.4 is 5.73 Å². The summed E-state index contributed by atoms with van der Waals surface area (Å²) in [6.07, 6.45) is 2.04. The van der Waals surface area contributed by atoms with Gasteiger partial charge in [0.05, 0.1) is 0 Å². The molecule has 1 unspecified atom stereocenters. The zero-order chi connectivity index (χ0) is 15.8. The summed E-state index contributed by atoms with van der Waals surface area (Å²) in [6, 6.07) is 9.09. The van der Waals surface area contributed by atoms with E-state index in [1.54, 1.807) is 0 Å². The molecule has 3 heteroatoms. The van der Waals surface area contributed by atoms with Crippen molar-refractivity contribution in [1.82, 2.24) is 4.90 Å². The molecular weight excluding hydrogens is 260 g/mol. The largest absolute Gasteiger partial charge is 0.341 e. The molecule has 0 heterocycles. The number of hydrogen-bond donors (Lipinski definition) is 1. The first-order chi connectivity index (χ1) is 9.91. The van der Waals surface area contributed by atoms with Gasteiger partial charge in [0.2, 0.25) is 5.91 Å². The minimum Gasteiger partial charge on any atom is -0.341 e. The number of carbonyl (C=O) groups is 1. The van der Waals surface area contributed by atoms with Crippen molar-refractivity contribution >= 4 is 5.91 Å². The van der Waals surface area contributed by atoms with Crippen LogP contribution in [0.4, 0.5) is 0 Å². The average molecular weight is 290 g/mol. The van der Waals surface area contributed by atoms with E-state index in [1.165, 1.54) is 0 Å². The summed E-state index contributed by atoms with van der Waals surface area (Å²) in [6.45, 7) is 10.3. The summed E-state index contributed by atoms with van der Waals surface area (Å²) in [7, 11) is 0. The molecule has 0 saturated carbocycles. The van der Waals surface area contributed by atoms with Crippen LogP contribution in [0, 0.1) is 11.8 Å². The molecule has 1 amide bonds. The molecule has 0 saturated heterocycles. The number of rotatable bonds is 8. The van der Waals surface area contributed by atoms with Crippen molar-refractivity contribution in [3.05, 3.63) is 35.9 Å². The molecule has 0 aliphatic rings. The van der Waals surface area contributed by atoms with E-state index in [0.717, 1.165) is 31.5 Å². The smallest absolute Gasteiger partial charge is 0.244 e. The van der Waals surface area contributed by atoms with Crippen LogP contribution in [0.5, 0.6) is 0 Å². The van der Waals surface area contributed by atoms with Crippen molar-refractivity contribution in [3.8, 4) is 0 Å². The first-order valence-corrected chi connectivity index (χ1v) is 8.01. The lowest BCUT2D eigenvalue weighted by Gasteiger charge is -2.27. The molecule has 1 rings (SSSR count). The maximum Gasteiger partial charge on any atom is 0.244 e. The normalized spacial score (nSPS) is 12.7. The van der Waals surface area contributed by atoms with Crippen molar-refractivity contribution in [2.75, 3.05) is 13.1 Å². The Morgan fingerprint density at radius 3 is 1.90 bits per heavy atom. The van der Waals surface area contributed by atoms with E-state index in [4.69, 9.17) is 5.73 Å². The van der Waals surface area contributed by atoms with Crippen LogP contribution >= 0.6 is 0 Å². The van der Waals surface area contributed by atoms with E-state index < -0.39 is 6.04 Å². The van der Waals surface area contributed by atoms with Crippen molar-refractivity contribution < 1.29 is 4.79 Å². The third kappa shape index (κ3) is 6.30. The summed E-state index contributed by atoms with van der Waals surface area (Å²) in [4.78, 5) is 14.6. The van der Waals surface area contributed by atoms with E-state index in [9.17, 15) is 4.79 Å². The Labute approximate surface area is 129 Å². The van der Waals surface area contributed by atoms with Gasteiger partial charge in [-0.2, -0.15) is 0 Å². The molecule has 1 aromatic rings. The van der Waals surface area contributed by atoms with Gasteiger partial charge in [-0.3, -0.25) is 4.79 Å². The quantitative estimate of drug-likeness (QED) is 0.795. The molecule has 2 N–H and O–H groups in total. The summed E-state index contributed by atoms with van der Waals surface area (Å²) in [5.41, 5.74) is 7.05. The van der Waals surface area contributed by atoms with Crippen molar-refractivity contribution in [1.29, 1.82) is 0 Å². The molecule has 0 radical (unpaired) electrons. The predicted octanol–water partition coefficient (Wildman–Crippen LogP) is 3.61. The SMILES string of the molecule is CC(C)CCN(CCC(C)C)C(=O)C(N)c1ccccc1. The molecule has 0 aliphatic carbocycles. The minimum atomic E-state index is -0.550. The summed E-state index contributed by atoms with van der Waals surface area (Å²) in [5.74, 6) is 1.22. The molecule has 21 heavy (non-hydrogen) atoms. The number of benzene rings is 1. The Morgan fingerprint density at radius 1 is 1.00 bits per heavy atom. The highest BCUT2D eigenvalue weighted by molar-refractivity contribution is 5.83. The van der Waals surface area contributed by atoms with Crippen LogP contribution in [0.2, 0.25) is 0 Å². The zero-order valence-electron chi connectivity index (χ0n) is 13.9. The molecule has 0 aromatic heterocycles. The maximum atomic E-state index is 12.7. The third-order valence-corrected chi connectivity index (χ3v) is 3.69. The van der Waals surface area contributed by atoms with E-state index in [-0.39, 0.29) is 5.91 Å². The lowest BCUT2D eigenvalue weighted by Crippen LogP contribution is -2.40. The second kappa shape index (κ2) is 8.83. The van der Waals surface area contributed by atoms with Crippen LogP contribution in [-0.2, 0) is 4.79 Å². The van der Waals surface area contributed by atoms with E-state index in [2.05, 4.69) is 27.7 Å². The van der Waals surface area contributed by atoms with E-state index in [0.29, 0.717) is 11.8 Å². The standard InChI is InChI=1S/C18H30N2O/c1-14(2)10-12-20(13-11-15(3)4)18(21)17(19)16-8-6-5-7-9-16/h5-9,14-15,17H,10-13,19H2,1-4H3. The molecule has 0 aliphatic heterocycles. The second-order valence-electron chi connectivity index (χ2n) is 6.58. The van der Waals surface area contributed by atoms with Crippen LogP contribution in [0.25, 0.3) is 0 Å². The molecule has 1 aromatic carbocycles. The van der Waals surface area contributed by atoms with Gasteiger partial charge >= 0.3 is 0 Å². The minimum absolute atomic E-state index is 0.0440. The Bertz CT molecular complexity index is 402. The number of nitrogens with zero attached hydrogens (tertiary/aromatic N) is 1. The molecule has 0 spiro atoms. The Hall–Kier alpha value is -1.35. The highest BCUT2D eigenvalue weighted by Crippen LogP contribution is 2.15. The van der Waals surface area contributed by atoms with Gasteiger partial charge < -0.3 is 10.6 Å². The zero-order valence-corrected chi connectivity index (χ0v) is 13.9. The monoisotopic (exact) mass is 290 g/mol. The average Bonchev–Trinajstić information content (AvgIpc) is 2.46. The number of amides is 1. The maximum absolute atomic E-state index is 12.7. The fourth-order valence-electron chi connectivity index (χ4n) is 2.16. The van der Waals surface area contributed by atoms with E-state index >= 15 is 0 Å². The molecular formula is C18H30N2O. The molecule has 0 bridgehead atoms. The summed E-state index contributed by atoms with van der Waals surface area (Å²) in [5, 5.41) is 0. The first kappa shape index (κ1) is 17.7. The highest BCUT2D eigenvalue weighted by atomic mass is 16.2. The number of carbonyl (C=O) groups excluding carboxylic acids is 1. The van der Waals surface area contributed by atoms with Crippen molar-refractivity contribution in [2.24, 2.45) is 17.6 Å². The van der Waals surface area contributed by atoms with E-state index in [1.807, 2.05) is 35.2 Å². The molecule has 118 valence electrons. The lowest BCUT2D eigenvalue weighted by atomic mass is 10.0. The highest BCUT2D eigenvalue weighted by Gasteiger charge is 2.22. The first-order valence-electron chi connectivity index (χ1n) is 8.01. The summed E-state index contributed by atoms with van der Waals surface area (Å²) >= 11 is 0. The van der Waals surface area contributed by atoms with Gasteiger partial charge in [-0.25, -0.2) is 0 Å². The van der Waals surface area contributed by atoms with Gasteiger partial charge in [-0.1, -0.05) is 58.0 Å². The fourth-order valence-corrected chi connectivity index (χ4v) is 2.16. The predicted molar refractivity (Wildman–Crippen MR) is 88.9 cm³/mol. The van der Waals surface area contributed by atoms with Gasteiger partial charge in [0.25, 0.3) is 0 Å². The third-order valence-electron chi connectivity index (χ3n) is 3.69. The Morgan fingerprint density at radius 2 is 1.48 bits per heavy atom. The van der Waals surface area contributed by atoms with Gasteiger partial charge in [-0.05, 0) is 30.2 Å². The fraction of sp³-hybridized carbons (Fsp3) is 0.611. The Balaban J connectivity index is 2.73. The van der Waals surface area contributed by atoms with Gasteiger partial charge in [0.15, 0.2) is 0 Å². The van der Waals surface area contributed by atoms with Crippen LogP contribution in [0.15, 0.2) is 30.3 Å². The van der Waals surface area contributed by atoms with Crippen LogP contribution in [0.3, 0.4) is 0 Å². The van der Waals surface area contributed by atoms with Crippen LogP contribution in [0.1, 0.15) is 52.1 Å². The Kier molecular flexibility index (Phi) is 7.44. The number of hydrogen-bond acceptors (Lipinski definition) is 2. The van der Waals surface area contributed by atoms with Crippen molar-refractivity contribution in [2.45, 2.75) is 46.6 Å². The second-order valence-corrected chi connectivity index (χ2v) is 6.58. The van der Waals surface area contributed by atoms with Gasteiger partial charge in [-0.15, -0.1) is 0 Å². The molecule has 1 atom stereocenters. The molecule has 3 nitrogen and oxygen atoms in total. The van der Waals surface area contributed by atoms with Gasteiger partial charge in [0, 0.05) is 13.1 Å². The van der Waals surface area contributed by atoms with Crippen LogP contribution in [-0.4, -0.2) is 23.9 Å². The topological polar surface area (TPSA) is 46.3 Å². The van der Waals surface area contributed by atoms with Crippen molar-refractivity contribution in [3.63, 3.8) is 0 Å². The molecule has 0 fully saturated rings. The number of nitrogens with two attached hydrogens (primary N) is 1. The summed E-state index contributed by atoms with van der Waals surface area (Å²) < 4.78 is 0. The van der Waals surface area contributed by atoms with Gasteiger partial charge in [0.1, 0.15) is 6.04 Å².